The Kier molecular flexibility index (Phi) is 5.06. The van der Waals surface area contributed by atoms with Gasteiger partial charge in [0.2, 0.25) is 0 Å². The molecule has 2 nitrogen and oxygen atoms in total. The van der Waals surface area contributed by atoms with Gasteiger partial charge in [0, 0.05) is 12.8 Å². The topological polar surface area (TPSA) is 43.1 Å². The molecule has 0 aromatic carbocycles. The zero-order valence-corrected chi connectivity index (χ0v) is 8.43. The molecule has 1 fully saturated rings. The highest BCUT2D eigenvalue weighted by Gasteiger charge is 2.17. The summed E-state index contributed by atoms with van der Waals surface area (Å²) in [5.74, 6) is 1.17. The minimum Gasteiger partial charge on any atom is -0.330 e. The molecule has 76 valence electrons. The quantitative estimate of drug-likeness (QED) is 0.642. The molecule has 1 saturated carbocycles. The van der Waals surface area contributed by atoms with E-state index in [1.165, 1.54) is 25.7 Å². The number of rotatable bonds is 6. The first-order valence-corrected chi connectivity index (χ1v) is 5.54. The lowest BCUT2D eigenvalue weighted by atomic mass is 9.98. The van der Waals surface area contributed by atoms with Crippen molar-refractivity contribution in [2.24, 2.45) is 11.7 Å². The van der Waals surface area contributed by atoms with Crippen molar-refractivity contribution < 1.29 is 4.79 Å². The van der Waals surface area contributed by atoms with Crippen LogP contribution in [0.2, 0.25) is 0 Å². The van der Waals surface area contributed by atoms with Gasteiger partial charge in [0.1, 0.15) is 5.78 Å². The van der Waals surface area contributed by atoms with Gasteiger partial charge in [-0.2, -0.15) is 0 Å². The molecule has 0 radical (unpaired) electrons. The van der Waals surface area contributed by atoms with E-state index in [9.17, 15) is 4.79 Å². The predicted octanol–water partition coefficient (Wildman–Crippen LogP) is 2.26. The van der Waals surface area contributed by atoms with Crippen molar-refractivity contribution >= 4 is 5.78 Å². The van der Waals surface area contributed by atoms with Crippen molar-refractivity contribution in [1.29, 1.82) is 0 Å². The fourth-order valence-corrected chi connectivity index (χ4v) is 2.11. The third-order valence-corrected chi connectivity index (χ3v) is 2.90. The molecule has 1 aliphatic carbocycles. The van der Waals surface area contributed by atoms with E-state index in [1.807, 2.05) is 0 Å². The zero-order chi connectivity index (χ0) is 9.52. The van der Waals surface area contributed by atoms with E-state index in [0.717, 1.165) is 32.2 Å². The molecule has 13 heavy (non-hydrogen) atoms. The molecule has 1 rings (SSSR count). The summed E-state index contributed by atoms with van der Waals surface area (Å²) in [5, 5.41) is 0. The molecule has 0 aromatic rings. The number of hydrogen-bond acceptors (Lipinski definition) is 2. The van der Waals surface area contributed by atoms with Crippen molar-refractivity contribution in [1.82, 2.24) is 0 Å². The molecule has 0 heterocycles. The number of unbranched alkanes of at least 4 members (excludes halogenated alkanes) is 1. The summed E-state index contributed by atoms with van der Waals surface area (Å²) in [7, 11) is 0. The van der Waals surface area contributed by atoms with E-state index >= 15 is 0 Å². The van der Waals surface area contributed by atoms with Crippen LogP contribution in [-0.2, 0) is 4.79 Å². The lowest BCUT2D eigenvalue weighted by Crippen LogP contribution is -2.06. The average molecular weight is 183 g/mol. The number of nitrogens with two attached hydrogens (primary N) is 1. The van der Waals surface area contributed by atoms with Crippen LogP contribution in [-0.4, -0.2) is 12.3 Å². The minimum atomic E-state index is 0.459. The second kappa shape index (κ2) is 6.14. The Morgan fingerprint density at radius 1 is 1.23 bits per heavy atom. The molecule has 0 amide bonds. The summed E-state index contributed by atoms with van der Waals surface area (Å²) >= 11 is 0. The summed E-state index contributed by atoms with van der Waals surface area (Å²) in [6.45, 7) is 0.719. The van der Waals surface area contributed by atoms with Gasteiger partial charge in [-0.25, -0.2) is 0 Å². The van der Waals surface area contributed by atoms with E-state index in [4.69, 9.17) is 5.73 Å². The highest BCUT2D eigenvalue weighted by atomic mass is 16.1. The Morgan fingerprint density at radius 2 is 1.92 bits per heavy atom. The van der Waals surface area contributed by atoms with Crippen LogP contribution in [0.3, 0.4) is 0 Å². The van der Waals surface area contributed by atoms with Gasteiger partial charge < -0.3 is 5.73 Å². The second-order valence-corrected chi connectivity index (χ2v) is 4.14. The Bertz CT molecular complexity index is 150. The number of ketones is 1. The van der Waals surface area contributed by atoms with Gasteiger partial charge in [-0.3, -0.25) is 4.79 Å². The molecule has 0 atom stereocenters. The third kappa shape index (κ3) is 4.41. The molecule has 2 N–H and O–H groups in total. The minimum absolute atomic E-state index is 0.459. The molecule has 0 aromatic heterocycles. The summed E-state index contributed by atoms with van der Waals surface area (Å²) in [4.78, 5) is 11.4. The fourth-order valence-electron chi connectivity index (χ4n) is 2.11. The second-order valence-electron chi connectivity index (χ2n) is 4.14. The van der Waals surface area contributed by atoms with Gasteiger partial charge >= 0.3 is 0 Å². The molecule has 0 unspecified atom stereocenters. The Morgan fingerprint density at radius 3 is 2.54 bits per heavy atom. The van der Waals surface area contributed by atoms with E-state index in [0.29, 0.717) is 11.7 Å². The largest absolute Gasteiger partial charge is 0.330 e. The van der Waals surface area contributed by atoms with Crippen molar-refractivity contribution in [2.75, 3.05) is 6.54 Å². The monoisotopic (exact) mass is 183 g/mol. The van der Waals surface area contributed by atoms with Crippen LogP contribution >= 0.6 is 0 Å². The predicted molar refractivity (Wildman–Crippen MR) is 54.5 cm³/mol. The van der Waals surface area contributed by atoms with Crippen molar-refractivity contribution in [3.05, 3.63) is 0 Å². The van der Waals surface area contributed by atoms with Crippen LogP contribution < -0.4 is 5.73 Å². The highest BCUT2D eigenvalue weighted by molar-refractivity contribution is 5.78. The first-order valence-electron chi connectivity index (χ1n) is 5.54. The van der Waals surface area contributed by atoms with Crippen LogP contribution in [0.1, 0.15) is 51.4 Å². The Balaban J connectivity index is 2.02. The molecule has 2 heteroatoms. The smallest absolute Gasteiger partial charge is 0.133 e. The lowest BCUT2D eigenvalue weighted by molar-refractivity contribution is -0.120. The molecule has 0 spiro atoms. The SMILES string of the molecule is NCCCCC(=O)CC1CCCC1. The number of hydrogen-bond donors (Lipinski definition) is 1. The fraction of sp³-hybridized carbons (Fsp3) is 0.909. The van der Waals surface area contributed by atoms with Gasteiger partial charge in [0.15, 0.2) is 0 Å². The standard InChI is InChI=1S/C11H21NO/c12-8-4-3-7-11(13)9-10-5-1-2-6-10/h10H,1-9,12H2. The normalized spacial score (nSPS) is 17.9. The lowest BCUT2D eigenvalue weighted by Gasteiger charge is -2.06. The van der Waals surface area contributed by atoms with Crippen molar-refractivity contribution in [2.45, 2.75) is 51.4 Å². The van der Waals surface area contributed by atoms with E-state index in [1.54, 1.807) is 0 Å². The van der Waals surface area contributed by atoms with Crippen LogP contribution in [0, 0.1) is 5.92 Å². The zero-order valence-electron chi connectivity index (χ0n) is 8.43. The third-order valence-electron chi connectivity index (χ3n) is 2.90. The van der Waals surface area contributed by atoms with E-state index in [-0.39, 0.29) is 0 Å². The highest BCUT2D eigenvalue weighted by Crippen LogP contribution is 2.28. The van der Waals surface area contributed by atoms with E-state index < -0.39 is 0 Å². The molecule has 0 bridgehead atoms. The number of carbonyl (C=O) groups is 1. The first kappa shape index (κ1) is 10.7. The maximum atomic E-state index is 11.4. The van der Waals surface area contributed by atoms with E-state index in [2.05, 4.69) is 0 Å². The van der Waals surface area contributed by atoms with Crippen molar-refractivity contribution in [3.63, 3.8) is 0 Å². The van der Waals surface area contributed by atoms with Gasteiger partial charge in [-0.05, 0) is 25.3 Å². The molecule has 0 aliphatic heterocycles. The maximum absolute atomic E-state index is 11.4. The summed E-state index contributed by atoms with van der Waals surface area (Å²) in [6, 6.07) is 0. The summed E-state index contributed by atoms with van der Waals surface area (Å²) < 4.78 is 0. The van der Waals surface area contributed by atoms with Crippen LogP contribution in [0.4, 0.5) is 0 Å². The van der Waals surface area contributed by atoms with Crippen LogP contribution in [0.25, 0.3) is 0 Å². The molecular formula is C11H21NO. The Hall–Kier alpha value is -0.370. The number of carbonyl (C=O) groups excluding carboxylic acids is 1. The average Bonchev–Trinajstić information content (AvgIpc) is 2.57. The molecule has 1 aliphatic rings. The van der Waals surface area contributed by atoms with Crippen LogP contribution in [0.5, 0.6) is 0 Å². The molecular weight excluding hydrogens is 162 g/mol. The number of Topliss-reactive ketones (excluding diaryl/α,β-unsaturated/α-hetero) is 1. The van der Waals surface area contributed by atoms with Crippen molar-refractivity contribution in [3.8, 4) is 0 Å². The van der Waals surface area contributed by atoms with Gasteiger partial charge in [0.25, 0.3) is 0 Å². The molecule has 0 saturated heterocycles. The first-order chi connectivity index (χ1) is 6.33. The van der Waals surface area contributed by atoms with Gasteiger partial charge in [-0.1, -0.05) is 25.7 Å². The van der Waals surface area contributed by atoms with Gasteiger partial charge in [-0.15, -0.1) is 0 Å². The van der Waals surface area contributed by atoms with Crippen LogP contribution in [0.15, 0.2) is 0 Å². The Labute approximate surface area is 80.9 Å². The summed E-state index contributed by atoms with van der Waals surface area (Å²) in [5.41, 5.74) is 5.37. The maximum Gasteiger partial charge on any atom is 0.133 e. The summed E-state index contributed by atoms with van der Waals surface area (Å²) in [6.07, 6.45) is 8.81. The van der Waals surface area contributed by atoms with Gasteiger partial charge in [0.05, 0.1) is 0 Å².